The number of esters is 1. The van der Waals surface area contributed by atoms with Gasteiger partial charge in [0.25, 0.3) is 0 Å². The molecule has 0 radical (unpaired) electrons. The number of carbonyl (C=O) groups excluding carboxylic acids is 1. The summed E-state index contributed by atoms with van der Waals surface area (Å²) >= 11 is 0. The molecule has 0 aromatic heterocycles. The Balaban J connectivity index is 5.71. The van der Waals surface area contributed by atoms with Crippen molar-refractivity contribution in [3.05, 3.63) is 12.4 Å². The largest absolute Gasteiger partial charge is 0.468 e. The molecule has 2 nitrogen and oxygen atoms in total. The molecule has 88 valence electrons. The van der Waals surface area contributed by atoms with Crippen LogP contribution in [0.1, 0.15) is 13.8 Å². The van der Waals surface area contributed by atoms with Gasteiger partial charge in [0.2, 0.25) is 5.41 Å². The Morgan fingerprint density at radius 2 is 1.73 bits per heavy atom. The number of ether oxygens (including phenoxy) is 1. The van der Waals surface area contributed by atoms with Crippen molar-refractivity contribution in [3.63, 3.8) is 0 Å². The average Bonchev–Trinajstić information content (AvgIpc) is 2.00. The second-order valence-electron chi connectivity index (χ2n) is 3.36. The standard InChI is InChI=1S/C9H12F4O2/c1-5(2)8(6(3)10,7(14)15-4)9(11,12)13/h5H,3H2,1-2,4H3. The maximum atomic E-state index is 13.0. The molecule has 0 rings (SSSR count). The summed E-state index contributed by atoms with van der Waals surface area (Å²) in [4.78, 5) is 11.1. The minimum Gasteiger partial charge on any atom is -0.468 e. The van der Waals surface area contributed by atoms with Crippen LogP contribution in [0.3, 0.4) is 0 Å². The van der Waals surface area contributed by atoms with E-state index in [1.54, 1.807) is 0 Å². The molecule has 6 heteroatoms. The number of methoxy groups -OCH3 is 1. The molecule has 0 aliphatic carbocycles. The number of alkyl halides is 3. The molecular formula is C9H12F4O2. The summed E-state index contributed by atoms with van der Waals surface area (Å²) < 4.78 is 55.1. The van der Waals surface area contributed by atoms with Gasteiger partial charge in [0.1, 0.15) is 5.83 Å². The molecule has 0 amide bonds. The highest BCUT2D eigenvalue weighted by Gasteiger charge is 2.66. The van der Waals surface area contributed by atoms with Crippen molar-refractivity contribution in [3.8, 4) is 0 Å². The molecule has 0 bridgehead atoms. The van der Waals surface area contributed by atoms with Crippen LogP contribution in [0.4, 0.5) is 17.6 Å². The highest BCUT2D eigenvalue weighted by Crippen LogP contribution is 2.50. The Morgan fingerprint density at radius 3 is 1.80 bits per heavy atom. The van der Waals surface area contributed by atoms with E-state index >= 15 is 0 Å². The number of hydrogen-bond acceptors (Lipinski definition) is 2. The fraction of sp³-hybridized carbons (Fsp3) is 0.667. The molecule has 15 heavy (non-hydrogen) atoms. The van der Waals surface area contributed by atoms with E-state index in [2.05, 4.69) is 11.3 Å². The van der Waals surface area contributed by atoms with E-state index in [4.69, 9.17) is 0 Å². The molecule has 1 atom stereocenters. The Labute approximate surface area is 84.9 Å². The van der Waals surface area contributed by atoms with Gasteiger partial charge in [-0.1, -0.05) is 20.4 Å². The van der Waals surface area contributed by atoms with Crippen LogP contribution < -0.4 is 0 Å². The summed E-state index contributed by atoms with van der Waals surface area (Å²) in [6.45, 7) is 4.75. The zero-order valence-electron chi connectivity index (χ0n) is 8.61. The summed E-state index contributed by atoms with van der Waals surface area (Å²) in [5.41, 5.74) is -3.28. The van der Waals surface area contributed by atoms with Gasteiger partial charge in [0.15, 0.2) is 0 Å². The average molecular weight is 228 g/mol. The molecular weight excluding hydrogens is 216 g/mol. The monoisotopic (exact) mass is 228 g/mol. The lowest BCUT2D eigenvalue weighted by Crippen LogP contribution is -2.50. The third kappa shape index (κ3) is 1.98. The molecule has 0 aliphatic rings. The third-order valence-electron chi connectivity index (χ3n) is 2.25. The molecule has 1 unspecified atom stereocenters. The Hall–Kier alpha value is -1.07. The zero-order valence-corrected chi connectivity index (χ0v) is 8.61. The lowest BCUT2D eigenvalue weighted by Gasteiger charge is -2.34. The molecule has 0 N–H and O–H groups in total. The van der Waals surface area contributed by atoms with Gasteiger partial charge in [0.05, 0.1) is 7.11 Å². The van der Waals surface area contributed by atoms with Gasteiger partial charge in [-0.3, -0.25) is 4.79 Å². The van der Waals surface area contributed by atoms with Crippen LogP contribution in [0, 0.1) is 11.3 Å². The van der Waals surface area contributed by atoms with Crippen molar-refractivity contribution in [1.82, 2.24) is 0 Å². The Morgan fingerprint density at radius 1 is 1.33 bits per heavy atom. The van der Waals surface area contributed by atoms with Crippen LogP contribution in [0.15, 0.2) is 12.4 Å². The summed E-state index contributed by atoms with van der Waals surface area (Å²) in [6.07, 6.45) is -5.07. The Kier molecular flexibility index (Phi) is 3.90. The van der Waals surface area contributed by atoms with E-state index in [1.807, 2.05) is 0 Å². The predicted molar refractivity (Wildman–Crippen MR) is 45.6 cm³/mol. The summed E-state index contributed by atoms with van der Waals surface area (Å²) in [7, 11) is 0.772. The predicted octanol–water partition coefficient (Wildman–Crippen LogP) is 2.85. The van der Waals surface area contributed by atoms with Crippen molar-refractivity contribution in [1.29, 1.82) is 0 Å². The van der Waals surface area contributed by atoms with Crippen LogP contribution in [0.5, 0.6) is 0 Å². The maximum absolute atomic E-state index is 13.0. The number of carbonyl (C=O) groups is 1. The van der Waals surface area contributed by atoms with Gasteiger partial charge in [-0.25, -0.2) is 4.39 Å². The fourth-order valence-corrected chi connectivity index (χ4v) is 1.42. The molecule has 0 heterocycles. The second-order valence-corrected chi connectivity index (χ2v) is 3.36. The smallest absolute Gasteiger partial charge is 0.411 e. The number of hydrogen-bond donors (Lipinski definition) is 0. The highest BCUT2D eigenvalue weighted by molar-refractivity contribution is 5.81. The first kappa shape index (κ1) is 13.9. The van der Waals surface area contributed by atoms with Gasteiger partial charge in [-0.05, 0) is 5.92 Å². The number of halogens is 4. The third-order valence-corrected chi connectivity index (χ3v) is 2.25. The van der Waals surface area contributed by atoms with Crippen molar-refractivity contribution in [2.75, 3.05) is 7.11 Å². The molecule has 0 aromatic carbocycles. The molecule has 0 fully saturated rings. The van der Waals surface area contributed by atoms with E-state index < -0.39 is 29.3 Å². The van der Waals surface area contributed by atoms with Crippen LogP contribution in [0.25, 0.3) is 0 Å². The van der Waals surface area contributed by atoms with Gasteiger partial charge >= 0.3 is 12.1 Å². The van der Waals surface area contributed by atoms with Crippen LogP contribution >= 0.6 is 0 Å². The minimum atomic E-state index is -5.07. The normalized spacial score (nSPS) is 16.0. The van der Waals surface area contributed by atoms with E-state index in [0.29, 0.717) is 0 Å². The van der Waals surface area contributed by atoms with Crippen LogP contribution in [-0.2, 0) is 9.53 Å². The van der Waals surface area contributed by atoms with Gasteiger partial charge < -0.3 is 4.74 Å². The zero-order chi connectivity index (χ0) is 12.4. The topological polar surface area (TPSA) is 26.3 Å². The van der Waals surface area contributed by atoms with Gasteiger partial charge in [0, 0.05) is 0 Å². The second kappa shape index (κ2) is 4.20. The van der Waals surface area contributed by atoms with Crippen molar-refractivity contribution in [2.24, 2.45) is 11.3 Å². The quantitative estimate of drug-likeness (QED) is 0.548. The molecule has 0 saturated heterocycles. The molecule has 0 aliphatic heterocycles. The minimum absolute atomic E-state index is 0.772. The Bertz CT molecular complexity index is 270. The first-order valence-corrected chi connectivity index (χ1v) is 4.12. The summed E-state index contributed by atoms with van der Waals surface area (Å²) in [6, 6.07) is 0. The molecule has 0 saturated carbocycles. The van der Waals surface area contributed by atoms with Gasteiger partial charge in [-0.2, -0.15) is 13.2 Å². The van der Waals surface area contributed by atoms with E-state index in [0.717, 1.165) is 21.0 Å². The van der Waals surface area contributed by atoms with E-state index in [1.165, 1.54) is 0 Å². The lowest BCUT2D eigenvalue weighted by atomic mass is 9.75. The van der Waals surface area contributed by atoms with Crippen molar-refractivity contribution in [2.45, 2.75) is 20.0 Å². The fourth-order valence-electron chi connectivity index (χ4n) is 1.42. The molecule has 0 spiro atoms. The summed E-state index contributed by atoms with van der Waals surface area (Å²) in [5.74, 6) is -4.77. The van der Waals surface area contributed by atoms with E-state index in [9.17, 15) is 22.4 Å². The van der Waals surface area contributed by atoms with E-state index in [-0.39, 0.29) is 0 Å². The maximum Gasteiger partial charge on any atom is 0.411 e. The van der Waals surface area contributed by atoms with Crippen molar-refractivity contribution < 1.29 is 27.1 Å². The number of rotatable bonds is 3. The highest BCUT2D eigenvalue weighted by atomic mass is 19.4. The van der Waals surface area contributed by atoms with Crippen LogP contribution in [-0.4, -0.2) is 19.3 Å². The van der Waals surface area contributed by atoms with Gasteiger partial charge in [-0.15, -0.1) is 0 Å². The van der Waals surface area contributed by atoms with Crippen molar-refractivity contribution >= 4 is 5.97 Å². The van der Waals surface area contributed by atoms with Crippen LogP contribution in [0.2, 0.25) is 0 Å². The first-order chi connectivity index (χ1) is 6.62. The molecule has 0 aromatic rings. The SMILES string of the molecule is C=C(F)C(C(=O)OC)(C(C)C)C(F)(F)F. The lowest BCUT2D eigenvalue weighted by molar-refractivity contribution is -0.237. The summed E-state index contributed by atoms with van der Waals surface area (Å²) in [5, 5.41) is 0. The first-order valence-electron chi connectivity index (χ1n) is 4.12.